The first-order chi connectivity index (χ1) is 6.88. The Bertz CT molecular complexity index is 199. The van der Waals surface area contributed by atoms with Crippen molar-refractivity contribution in [2.75, 3.05) is 7.05 Å². The second kappa shape index (κ2) is 6.90. The van der Waals surface area contributed by atoms with E-state index in [4.69, 9.17) is 0 Å². The van der Waals surface area contributed by atoms with Gasteiger partial charge >= 0.3 is 0 Å². The average Bonchev–Trinajstić information content (AvgIpc) is 2.43. The van der Waals surface area contributed by atoms with E-state index in [2.05, 4.69) is 24.2 Å². The molecule has 14 heavy (non-hydrogen) atoms. The van der Waals surface area contributed by atoms with Gasteiger partial charge in [0.2, 0.25) is 0 Å². The lowest BCUT2D eigenvalue weighted by molar-refractivity contribution is 0.335. The molecule has 2 unspecified atom stereocenters. The molecule has 80 valence electrons. The summed E-state index contributed by atoms with van der Waals surface area (Å²) in [6.07, 6.45) is 9.38. The molecule has 1 N–H and O–H groups in total. The van der Waals surface area contributed by atoms with Crippen LogP contribution in [0.15, 0.2) is 0 Å². The van der Waals surface area contributed by atoms with Crippen LogP contribution in [-0.4, -0.2) is 13.1 Å². The third-order valence-electron chi connectivity index (χ3n) is 3.35. The predicted molar refractivity (Wildman–Crippen MR) is 62.1 cm³/mol. The number of hydrogen-bond donors (Lipinski definition) is 1. The highest BCUT2D eigenvalue weighted by molar-refractivity contribution is 4.95. The van der Waals surface area contributed by atoms with Crippen molar-refractivity contribution >= 4 is 0 Å². The molecule has 0 spiro atoms. The van der Waals surface area contributed by atoms with Gasteiger partial charge in [0.15, 0.2) is 0 Å². The monoisotopic (exact) mass is 193 g/mol. The second-order valence-electron chi connectivity index (χ2n) is 4.26. The van der Waals surface area contributed by atoms with Crippen LogP contribution in [0.25, 0.3) is 0 Å². The highest BCUT2D eigenvalue weighted by Crippen LogP contribution is 2.26. The van der Waals surface area contributed by atoms with Crippen LogP contribution in [0.3, 0.4) is 0 Å². The van der Waals surface area contributed by atoms with E-state index in [-0.39, 0.29) is 0 Å². The van der Waals surface area contributed by atoms with Crippen molar-refractivity contribution in [2.24, 2.45) is 5.92 Å². The molecular formula is C13H23N. The lowest BCUT2D eigenvalue weighted by Crippen LogP contribution is -2.32. The Kier molecular flexibility index (Phi) is 5.71. The Labute approximate surface area is 88.7 Å². The van der Waals surface area contributed by atoms with E-state index in [0.29, 0.717) is 0 Å². The van der Waals surface area contributed by atoms with Crippen LogP contribution >= 0.6 is 0 Å². The minimum absolute atomic E-state index is 0.746. The maximum Gasteiger partial charge on any atom is 0.00926 e. The van der Waals surface area contributed by atoms with Crippen LogP contribution in [-0.2, 0) is 0 Å². The summed E-state index contributed by atoms with van der Waals surface area (Å²) in [5.41, 5.74) is 0. The van der Waals surface area contributed by atoms with Gasteiger partial charge in [-0.2, -0.15) is 0 Å². The number of hydrogen-bond acceptors (Lipinski definition) is 1. The van der Waals surface area contributed by atoms with Gasteiger partial charge in [0.05, 0.1) is 0 Å². The van der Waals surface area contributed by atoms with Crippen molar-refractivity contribution < 1.29 is 0 Å². The van der Waals surface area contributed by atoms with Crippen molar-refractivity contribution in [3.05, 3.63) is 0 Å². The Hall–Kier alpha value is -0.480. The van der Waals surface area contributed by atoms with E-state index in [0.717, 1.165) is 18.4 Å². The van der Waals surface area contributed by atoms with Crippen molar-refractivity contribution in [3.8, 4) is 11.8 Å². The largest absolute Gasteiger partial charge is 0.317 e. The predicted octanol–water partition coefficient (Wildman–Crippen LogP) is 2.96. The molecule has 0 aromatic rings. The Morgan fingerprint density at radius 1 is 1.21 bits per heavy atom. The van der Waals surface area contributed by atoms with Gasteiger partial charge < -0.3 is 5.32 Å². The van der Waals surface area contributed by atoms with Gasteiger partial charge in [0.25, 0.3) is 0 Å². The summed E-state index contributed by atoms with van der Waals surface area (Å²) >= 11 is 0. The van der Waals surface area contributed by atoms with Gasteiger partial charge in [-0.15, -0.1) is 11.8 Å². The quantitative estimate of drug-likeness (QED) is 0.537. The molecule has 0 radical (unpaired) electrons. The third kappa shape index (κ3) is 3.72. The third-order valence-corrected chi connectivity index (χ3v) is 3.35. The molecule has 0 aromatic carbocycles. The Balaban J connectivity index is 2.38. The van der Waals surface area contributed by atoms with E-state index in [1.54, 1.807) is 0 Å². The fourth-order valence-electron chi connectivity index (χ4n) is 2.49. The van der Waals surface area contributed by atoms with Gasteiger partial charge in [-0.1, -0.05) is 19.3 Å². The van der Waals surface area contributed by atoms with Crippen LogP contribution in [0.2, 0.25) is 0 Å². The van der Waals surface area contributed by atoms with Gasteiger partial charge in [0.1, 0.15) is 0 Å². The van der Waals surface area contributed by atoms with Gasteiger partial charge in [0, 0.05) is 12.5 Å². The van der Waals surface area contributed by atoms with Crippen LogP contribution in [0.5, 0.6) is 0 Å². The van der Waals surface area contributed by atoms with Crippen LogP contribution in [0.1, 0.15) is 51.9 Å². The summed E-state index contributed by atoms with van der Waals surface area (Å²) in [4.78, 5) is 0. The zero-order valence-corrected chi connectivity index (χ0v) is 9.60. The zero-order chi connectivity index (χ0) is 10.2. The first-order valence-corrected chi connectivity index (χ1v) is 5.95. The standard InChI is InChI=1S/C13H23N/c1-3-4-6-9-12-10-7-5-8-11-13(12)14-2/h12-14H,5-11H2,1-2H3. The topological polar surface area (TPSA) is 12.0 Å². The molecule has 1 nitrogen and oxygen atoms in total. The Morgan fingerprint density at radius 3 is 2.71 bits per heavy atom. The molecule has 0 saturated heterocycles. The van der Waals surface area contributed by atoms with E-state index >= 15 is 0 Å². The fraction of sp³-hybridized carbons (Fsp3) is 0.846. The second-order valence-corrected chi connectivity index (χ2v) is 4.26. The van der Waals surface area contributed by atoms with Gasteiger partial charge in [-0.05, 0) is 39.2 Å². The molecule has 2 atom stereocenters. The zero-order valence-electron chi connectivity index (χ0n) is 9.60. The molecule has 1 fully saturated rings. The first kappa shape index (κ1) is 11.6. The summed E-state index contributed by atoms with van der Waals surface area (Å²) in [6.45, 7) is 1.93. The molecular weight excluding hydrogens is 170 g/mol. The van der Waals surface area contributed by atoms with E-state index in [1.165, 1.54) is 38.5 Å². The molecule has 0 heterocycles. The maximum absolute atomic E-state index is 3.47. The Morgan fingerprint density at radius 2 is 2.00 bits per heavy atom. The van der Waals surface area contributed by atoms with Gasteiger partial charge in [-0.25, -0.2) is 0 Å². The molecule has 1 heteroatoms. The number of rotatable bonds is 3. The smallest absolute Gasteiger partial charge is 0.00926 e. The van der Waals surface area contributed by atoms with Crippen LogP contribution < -0.4 is 5.32 Å². The lowest BCUT2D eigenvalue weighted by Gasteiger charge is -2.23. The van der Waals surface area contributed by atoms with Crippen LogP contribution in [0, 0.1) is 17.8 Å². The van der Waals surface area contributed by atoms with Crippen molar-refractivity contribution in [1.29, 1.82) is 0 Å². The maximum atomic E-state index is 3.47. The molecule has 1 aliphatic carbocycles. The molecule has 0 aliphatic heterocycles. The van der Waals surface area contributed by atoms with Crippen molar-refractivity contribution in [2.45, 2.75) is 57.9 Å². The number of nitrogens with one attached hydrogen (secondary N) is 1. The summed E-state index contributed by atoms with van der Waals surface area (Å²) < 4.78 is 0. The summed E-state index contributed by atoms with van der Waals surface area (Å²) in [5.74, 6) is 7.03. The van der Waals surface area contributed by atoms with E-state index in [9.17, 15) is 0 Å². The summed E-state index contributed by atoms with van der Waals surface area (Å²) in [5, 5.41) is 3.47. The molecule has 1 saturated carbocycles. The molecule has 1 aliphatic rings. The molecule has 1 rings (SSSR count). The first-order valence-electron chi connectivity index (χ1n) is 5.95. The molecule has 0 amide bonds. The van der Waals surface area contributed by atoms with E-state index in [1.807, 2.05) is 6.92 Å². The lowest BCUT2D eigenvalue weighted by atomic mass is 9.90. The highest BCUT2D eigenvalue weighted by Gasteiger charge is 2.21. The molecule has 0 bridgehead atoms. The fourth-order valence-corrected chi connectivity index (χ4v) is 2.49. The molecule has 0 aromatic heterocycles. The summed E-state index contributed by atoms with van der Waals surface area (Å²) in [6, 6.07) is 0.746. The average molecular weight is 193 g/mol. The van der Waals surface area contributed by atoms with Crippen molar-refractivity contribution in [1.82, 2.24) is 5.32 Å². The van der Waals surface area contributed by atoms with Gasteiger partial charge in [-0.3, -0.25) is 0 Å². The SMILES string of the molecule is CC#CCCC1CCCCCC1NC. The minimum atomic E-state index is 0.746. The normalized spacial score (nSPS) is 27.6. The van der Waals surface area contributed by atoms with E-state index < -0.39 is 0 Å². The minimum Gasteiger partial charge on any atom is -0.317 e. The van der Waals surface area contributed by atoms with Crippen molar-refractivity contribution in [3.63, 3.8) is 0 Å². The highest BCUT2D eigenvalue weighted by atomic mass is 14.9. The van der Waals surface area contributed by atoms with Crippen LogP contribution in [0.4, 0.5) is 0 Å². The summed E-state index contributed by atoms with van der Waals surface area (Å²) in [7, 11) is 2.11.